The van der Waals surface area contributed by atoms with Crippen molar-refractivity contribution in [1.29, 1.82) is 0 Å². The maximum absolute atomic E-state index is 12.3. The monoisotopic (exact) mass is 334 g/mol. The minimum Gasteiger partial charge on any atom is -0.444 e. The third-order valence-corrected chi connectivity index (χ3v) is 4.25. The molecule has 2 aliphatic heterocycles. The molecule has 3 heterocycles. The number of carbonyl (C=O) groups is 1. The molecule has 1 atom stereocenters. The van der Waals surface area contributed by atoms with Crippen molar-refractivity contribution in [1.82, 2.24) is 14.9 Å². The Bertz CT molecular complexity index is 641. The van der Waals surface area contributed by atoms with E-state index < -0.39 is 5.60 Å². The highest BCUT2D eigenvalue weighted by atomic mass is 16.6. The number of ether oxygens (including phenoxy) is 2. The molecule has 1 saturated heterocycles. The first-order valence-corrected chi connectivity index (χ1v) is 8.43. The molecule has 0 aliphatic carbocycles. The van der Waals surface area contributed by atoms with Gasteiger partial charge in [-0.1, -0.05) is 0 Å². The van der Waals surface area contributed by atoms with E-state index in [0.717, 1.165) is 29.4 Å². The number of morpholine rings is 1. The lowest BCUT2D eigenvalue weighted by molar-refractivity contribution is 0.0240. The molecule has 1 aromatic heterocycles. The highest BCUT2D eigenvalue weighted by molar-refractivity contribution is 5.69. The van der Waals surface area contributed by atoms with Gasteiger partial charge in [-0.15, -0.1) is 0 Å². The van der Waals surface area contributed by atoms with E-state index in [1.807, 2.05) is 27.7 Å². The lowest BCUT2D eigenvalue weighted by Gasteiger charge is -2.33. The van der Waals surface area contributed by atoms with E-state index in [1.54, 1.807) is 4.90 Å². The van der Waals surface area contributed by atoms with Crippen molar-refractivity contribution in [2.75, 3.05) is 24.7 Å². The standard InChI is InChI=1S/C17H26N4O3/c1-11-10-23-7-6-21(11)15-18-12(2)13-8-20(9-14(13)19-15)16(22)24-17(3,4)5/h11H,6-10H2,1-5H3/t11-/m0/s1. The van der Waals surface area contributed by atoms with Crippen LogP contribution < -0.4 is 4.90 Å². The fraction of sp³-hybridized carbons (Fsp3) is 0.706. The van der Waals surface area contributed by atoms with Crippen molar-refractivity contribution < 1.29 is 14.3 Å². The average molecular weight is 334 g/mol. The van der Waals surface area contributed by atoms with Gasteiger partial charge in [-0.3, -0.25) is 4.90 Å². The van der Waals surface area contributed by atoms with Gasteiger partial charge in [-0.05, 0) is 34.6 Å². The highest BCUT2D eigenvalue weighted by Crippen LogP contribution is 2.28. The van der Waals surface area contributed by atoms with Crippen molar-refractivity contribution in [3.8, 4) is 0 Å². The van der Waals surface area contributed by atoms with E-state index in [9.17, 15) is 4.79 Å². The number of carbonyl (C=O) groups excluding carboxylic acids is 1. The van der Waals surface area contributed by atoms with E-state index in [1.165, 1.54) is 0 Å². The predicted octanol–water partition coefficient (Wildman–Crippen LogP) is 2.26. The number of aromatic nitrogens is 2. The first-order valence-electron chi connectivity index (χ1n) is 8.43. The number of hydrogen-bond donors (Lipinski definition) is 0. The topological polar surface area (TPSA) is 67.8 Å². The number of aryl methyl sites for hydroxylation is 1. The Morgan fingerprint density at radius 2 is 2.04 bits per heavy atom. The molecule has 0 aromatic carbocycles. The summed E-state index contributed by atoms with van der Waals surface area (Å²) in [5.74, 6) is 0.730. The largest absolute Gasteiger partial charge is 0.444 e. The Labute approximate surface area is 143 Å². The van der Waals surface area contributed by atoms with Crippen LogP contribution in [0.1, 0.15) is 44.6 Å². The highest BCUT2D eigenvalue weighted by Gasteiger charge is 2.31. The van der Waals surface area contributed by atoms with E-state index in [4.69, 9.17) is 14.5 Å². The lowest BCUT2D eigenvalue weighted by atomic mass is 10.2. The Hall–Kier alpha value is -1.89. The van der Waals surface area contributed by atoms with Gasteiger partial charge in [0, 0.05) is 17.8 Å². The Balaban J connectivity index is 1.79. The van der Waals surface area contributed by atoms with Gasteiger partial charge in [0.05, 0.1) is 38.0 Å². The second-order valence-corrected chi connectivity index (χ2v) is 7.49. The molecule has 7 nitrogen and oxygen atoms in total. The zero-order chi connectivity index (χ0) is 17.5. The van der Waals surface area contributed by atoms with Gasteiger partial charge in [0.1, 0.15) is 5.60 Å². The molecule has 3 rings (SSSR count). The Morgan fingerprint density at radius 3 is 2.71 bits per heavy atom. The number of amides is 1. The number of fused-ring (bicyclic) bond motifs is 1. The SMILES string of the molecule is Cc1nc(N2CCOC[C@@H]2C)nc2c1CN(C(=O)OC(C)(C)C)C2. The summed E-state index contributed by atoms with van der Waals surface area (Å²) in [5, 5.41) is 0. The van der Waals surface area contributed by atoms with Gasteiger partial charge < -0.3 is 14.4 Å². The van der Waals surface area contributed by atoms with E-state index in [0.29, 0.717) is 26.3 Å². The molecule has 132 valence electrons. The minimum atomic E-state index is -0.499. The first kappa shape index (κ1) is 17.0. The van der Waals surface area contributed by atoms with Crippen LogP contribution in [0.2, 0.25) is 0 Å². The molecule has 0 spiro atoms. The van der Waals surface area contributed by atoms with Crippen LogP contribution in [-0.2, 0) is 22.6 Å². The molecule has 24 heavy (non-hydrogen) atoms. The zero-order valence-electron chi connectivity index (χ0n) is 15.1. The quantitative estimate of drug-likeness (QED) is 0.785. The van der Waals surface area contributed by atoms with Crippen LogP contribution in [0.5, 0.6) is 0 Å². The van der Waals surface area contributed by atoms with Crippen LogP contribution in [0.4, 0.5) is 10.7 Å². The molecular formula is C17H26N4O3. The number of anilines is 1. The molecule has 0 N–H and O–H groups in total. The van der Waals surface area contributed by atoms with Crippen LogP contribution >= 0.6 is 0 Å². The third-order valence-electron chi connectivity index (χ3n) is 4.25. The number of nitrogens with zero attached hydrogens (tertiary/aromatic N) is 4. The van der Waals surface area contributed by atoms with E-state index in [2.05, 4.69) is 16.8 Å². The molecule has 1 aromatic rings. The molecule has 0 bridgehead atoms. The van der Waals surface area contributed by atoms with Crippen molar-refractivity contribution in [2.24, 2.45) is 0 Å². The average Bonchev–Trinajstić information content (AvgIpc) is 2.91. The molecule has 1 amide bonds. The van der Waals surface area contributed by atoms with Gasteiger partial charge in [0.25, 0.3) is 0 Å². The van der Waals surface area contributed by atoms with E-state index in [-0.39, 0.29) is 12.1 Å². The number of rotatable bonds is 1. The van der Waals surface area contributed by atoms with Gasteiger partial charge in [0.15, 0.2) is 0 Å². The summed E-state index contributed by atoms with van der Waals surface area (Å²) in [4.78, 5) is 25.6. The Morgan fingerprint density at radius 1 is 1.29 bits per heavy atom. The molecule has 0 unspecified atom stereocenters. The van der Waals surface area contributed by atoms with Gasteiger partial charge in [-0.2, -0.15) is 0 Å². The van der Waals surface area contributed by atoms with Crippen LogP contribution in [0.3, 0.4) is 0 Å². The maximum atomic E-state index is 12.3. The number of hydrogen-bond acceptors (Lipinski definition) is 6. The fourth-order valence-electron chi connectivity index (χ4n) is 3.01. The van der Waals surface area contributed by atoms with Gasteiger partial charge in [0.2, 0.25) is 5.95 Å². The normalized spacial score (nSPS) is 21.0. The Kier molecular flexibility index (Phi) is 4.38. The van der Waals surface area contributed by atoms with Crippen molar-refractivity contribution >= 4 is 12.0 Å². The van der Waals surface area contributed by atoms with Crippen molar-refractivity contribution in [3.05, 3.63) is 17.0 Å². The van der Waals surface area contributed by atoms with Crippen LogP contribution in [-0.4, -0.2) is 52.4 Å². The molecule has 0 saturated carbocycles. The van der Waals surface area contributed by atoms with Crippen LogP contribution in [0.25, 0.3) is 0 Å². The summed E-state index contributed by atoms with van der Waals surface area (Å²) in [5.41, 5.74) is 2.38. The summed E-state index contributed by atoms with van der Waals surface area (Å²) in [7, 11) is 0. The summed E-state index contributed by atoms with van der Waals surface area (Å²) < 4.78 is 11.0. The second-order valence-electron chi connectivity index (χ2n) is 7.49. The summed E-state index contributed by atoms with van der Waals surface area (Å²) in [6.07, 6.45) is -0.304. The second kappa shape index (κ2) is 6.20. The molecule has 1 fully saturated rings. The minimum absolute atomic E-state index is 0.250. The van der Waals surface area contributed by atoms with Gasteiger partial charge >= 0.3 is 6.09 Å². The molecule has 7 heteroatoms. The lowest BCUT2D eigenvalue weighted by Crippen LogP contribution is -2.44. The smallest absolute Gasteiger partial charge is 0.410 e. The third kappa shape index (κ3) is 3.45. The first-order chi connectivity index (χ1) is 11.2. The van der Waals surface area contributed by atoms with E-state index >= 15 is 0 Å². The fourth-order valence-corrected chi connectivity index (χ4v) is 3.01. The maximum Gasteiger partial charge on any atom is 0.410 e. The van der Waals surface area contributed by atoms with Crippen molar-refractivity contribution in [2.45, 2.75) is 59.4 Å². The van der Waals surface area contributed by atoms with Gasteiger partial charge in [-0.25, -0.2) is 14.8 Å². The summed E-state index contributed by atoms with van der Waals surface area (Å²) in [6.45, 7) is 12.8. The summed E-state index contributed by atoms with van der Waals surface area (Å²) in [6, 6.07) is 0.250. The zero-order valence-corrected chi connectivity index (χ0v) is 15.1. The molecule has 2 aliphatic rings. The van der Waals surface area contributed by atoms with Crippen LogP contribution in [0, 0.1) is 6.92 Å². The van der Waals surface area contributed by atoms with Crippen molar-refractivity contribution in [3.63, 3.8) is 0 Å². The molecule has 0 radical (unpaired) electrons. The predicted molar refractivity (Wildman–Crippen MR) is 89.9 cm³/mol. The van der Waals surface area contributed by atoms with Crippen LogP contribution in [0.15, 0.2) is 0 Å². The molecular weight excluding hydrogens is 308 g/mol. The summed E-state index contributed by atoms with van der Waals surface area (Å²) >= 11 is 0.